The molecular weight excluding hydrogens is 244 g/mol. The predicted octanol–water partition coefficient (Wildman–Crippen LogP) is -0.256. The number of benzene rings is 1. The highest BCUT2D eigenvalue weighted by Crippen LogP contribution is 2.27. The monoisotopic (exact) mass is 256 g/mol. The lowest BCUT2D eigenvalue weighted by Gasteiger charge is -2.17. The van der Waals surface area contributed by atoms with E-state index < -0.39 is 23.1 Å². The number of carbonyl (C=O) groups is 1. The molecule has 98 valence electrons. The van der Waals surface area contributed by atoms with Crippen LogP contribution in [0.2, 0.25) is 0 Å². The summed E-state index contributed by atoms with van der Waals surface area (Å²) in [6.07, 6.45) is -3.56. The summed E-state index contributed by atoms with van der Waals surface area (Å²) >= 11 is 0. The number of nitro benzene ring substituents is 1. The van der Waals surface area contributed by atoms with Crippen molar-refractivity contribution in [1.82, 2.24) is 0 Å². The second-order valence-corrected chi connectivity index (χ2v) is 3.48. The number of methoxy groups -OCH3 is 1. The fourth-order valence-corrected chi connectivity index (χ4v) is 1.35. The number of nitrogens with zero attached hydrogens (tertiary/aromatic N) is 1. The second-order valence-electron chi connectivity index (χ2n) is 3.48. The van der Waals surface area contributed by atoms with Crippen LogP contribution in [0.5, 0.6) is 0 Å². The minimum atomic E-state index is -1.86. The highest BCUT2D eigenvalue weighted by Gasteiger charge is 2.29. The van der Waals surface area contributed by atoms with Crippen molar-refractivity contribution in [3.8, 4) is 0 Å². The molecule has 0 fully saturated rings. The van der Waals surface area contributed by atoms with Gasteiger partial charge in [-0.25, -0.2) is 4.79 Å². The van der Waals surface area contributed by atoms with Crippen molar-refractivity contribution in [3.63, 3.8) is 0 Å². The van der Waals surface area contributed by atoms with Gasteiger partial charge in [0.05, 0.1) is 12.0 Å². The number of ether oxygens (including phenoxy) is 1. The number of nitrogen functional groups attached to an aromatic ring is 1. The summed E-state index contributed by atoms with van der Waals surface area (Å²) < 4.78 is 4.25. The van der Waals surface area contributed by atoms with Crippen molar-refractivity contribution in [2.45, 2.75) is 12.2 Å². The van der Waals surface area contributed by atoms with Crippen LogP contribution >= 0.6 is 0 Å². The Balaban J connectivity index is 3.11. The number of carbonyl (C=O) groups excluding carboxylic acids is 1. The maximum absolute atomic E-state index is 11.0. The fraction of sp³-hybridized carbons (Fsp3) is 0.300. The molecule has 0 saturated heterocycles. The first-order valence-electron chi connectivity index (χ1n) is 4.86. The van der Waals surface area contributed by atoms with Crippen LogP contribution in [0, 0.1) is 10.1 Å². The number of nitro groups is 1. The summed E-state index contributed by atoms with van der Waals surface area (Å²) in [6, 6.07) is 3.35. The fourth-order valence-electron chi connectivity index (χ4n) is 1.35. The van der Waals surface area contributed by atoms with Gasteiger partial charge < -0.3 is 20.7 Å². The number of aliphatic hydroxyl groups excluding tert-OH is 2. The first-order chi connectivity index (χ1) is 8.38. The zero-order chi connectivity index (χ0) is 13.9. The molecule has 1 aromatic rings. The molecule has 0 radical (unpaired) electrons. The van der Waals surface area contributed by atoms with E-state index in [2.05, 4.69) is 4.74 Å². The maximum Gasteiger partial charge on any atom is 0.337 e. The lowest BCUT2D eigenvalue weighted by molar-refractivity contribution is -0.385. The van der Waals surface area contributed by atoms with Crippen LogP contribution in [0.1, 0.15) is 11.7 Å². The van der Waals surface area contributed by atoms with Crippen molar-refractivity contribution >= 4 is 17.3 Å². The molecule has 0 bridgehead atoms. The van der Waals surface area contributed by atoms with Crippen molar-refractivity contribution < 1.29 is 24.7 Å². The lowest BCUT2D eigenvalue weighted by atomic mass is 10.0. The Labute approximate surface area is 102 Å². The number of hydrogen-bond acceptors (Lipinski definition) is 7. The van der Waals surface area contributed by atoms with Crippen LogP contribution in [-0.4, -0.2) is 34.3 Å². The third-order valence-electron chi connectivity index (χ3n) is 2.34. The number of nitrogens with two attached hydrogens (primary N) is 1. The number of non-ortho nitro benzene ring substituents is 1. The van der Waals surface area contributed by atoms with Crippen LogP contribution in [-0.2, 0) is 9.53 Å². The number of esters is 1. The molecule has 0 spiro atoms. The van der Waals surface area contributed by atoms with E-state index in [9.17, 15) is 25.1 Å². The van der Waals surface area contributed by atoms with Gasteiger partial charge in [0.2, 0.25) is 0 Å². The first-order valence-corrected chi connectivity index (χ1v) is 4.86. The molecule has 0 aliphatic carbocycles. The van der Waals surface area contributed by atoms with E-state index in [0.717, 1.165) is 19.2 Å². The smallest absolute Gasteiger partial charge is 0.337 e. The molecule has 18 heavy (non-hydrogen) atoms. The molecule has 2 atom stereocenters. The van der Waals surface area contributed by atoms with Crippen LogP contribution < -0.4 is 5.73 Å². The van der Waals surface area contributed by atoms with E-state index in [4.69, 9.17) is 5.73 Å². The van der Waals surface area contributed by atoms with Gasteiger partial charge >= 0.3 is 5.97 Å². The molecule has 0 amide bonds. The molecule has 0 aromatic heterocycles. The summed E-state index contributed by atoms with van der Waals surface area (Å²) in [7, 11) is 1.04. The molecule has 0 aliphatic rings. The van der Waals surface area contributed by atoms with Gasteiger partial charge in [0.25, 0.3) is 5.69 Å². The van der Waals surface area contributed by atoms with Crippen LogP contribution in [0.15, 0.2) is 18.2 Å². The van der Waals surface area contributed by atoms with Crippen LogP contribution in [0.3, 0.4) is 0 Å². The quantitative estimate of drug-likeness (QED) is 0.292. The van der Waals surface area contributed by atoms with Gasteiger partial charge in [-0.15, -0.1) is 0 Å². The average Bonchev–Trinajstić information content (AvgIpc) is 2.36. The maximum atomic E-state index is 11.0. The molecule has 1 aromatic carbocycles. The predicted molar refractivity (Wildman–Crippen MR) is 60.5 cm³/mol. The Hall–Kier alpha value is -2.19. The highest BCUT2D eigenvalue weighted by molar-refractivity contribution is 5.75. The largest absolute Gasteiger partial charge is 0.467 e. The number of anilines is 1. The Morgan fingerprint density at radius 1 is 1.50 bits per heavy atom. The summed E-state index contributed by atoms with van der Waals surface area (Å²) in [4.78, 5) is 20.9. The van der Waals surface area contributed by atoms with E-state index in [1.165, 1.54) is 6.07 Å². The standard InChI is InChI=1S/C10H12N2O6/c1-18-10(15)9(14)8(13)6-4-5(12(16)17)2-3-7(6)11/h2-4,8-9,13-14H,11H2,1H3. The van der Waals surface area contributed by atoms with Gasteiger partial charge in [-0.2, -0.15) is 0 Å². The van der Waals surface area contributed by atoms with E-state index in [1.54, 1.807) is 0 Å². The zero-order valence-electron chi connectivity index (χ0n) is 9.44. The SMILES string of the molecule is COC(=O)C(O)C(O)c1cc([N+](=O)[O-])ccc1N. The van der Waals surface area contributed by atoms with E-state index >= 15 is 0 Å². The highest BCUT2D eigenvalue weighted by atomic mass is 16.6. The number of rotatable bonds is 4. The second kappa shape index (κ2) is 5.43. The third kappa shape index (κ3) is 2.73. The van der Waals surface area contributed by atoms with Crippen molar-refractivity contribution in [1.29, 1.82) is 0 Å². The molecular formula is C10H12N2O6. The molecule has 1 rings (SSSR count). The van der Waals surface area contributed by atoms with E-state index in [1.807, 2.05) is 0 Å². The van der Waals surface area contributed by atoms with Gasteiger partial charge in [0, 0.05) is 23.4 Å². The zero-order valence-corrected chi connectivity index (χ0v) is 9.44. The van der Waals surface area contributed by atoms with Crippen LogP contribution in [0.25, 0.3) is 0 Å². The normalized spacial score (nSPS) is 13.7. The first kappa shape index (κ1) is 13.9. The Kier molecular flexibility index (Phi) is 4.18. The summed E-state index contributed by atoms with van der Waals surface area (Å²) in [5.41, 5.74) is 5.13. The Bertz CT molecular complexity index is 475. The van der Waals surface area contributed by atoms with Gasteiger partial charge in [-0.3, -0.25) is 10.1 Å². The van der Waals surface area contributed by atoms with Gasteiger partial charge in [0.15, 0.2) is 6.10 Å². The topological polar surface area (TPSA) is 136 Å². The molecule has 8 nitrogen and oxygen atoms in total. The number of aliphatic hydroxyl groups is 2. The average molecular weight is 256 g/mol. The molecule has 8 heteroatoms. The molecule has 2 unspecified atom stereocenters. The summed E-state index contributed by atoms with van der Waals surface area (Å²) in [5, 5.41) is 29.7. The molecule has 0 saturated carbocycles. The molecule has 0 heterocycles. The Morgan fingerprint density at radius 3 is 2.61 bits per heavy atom. The van der Waals surface area contributed by atoms with Crippen molar-refractivity contribution in [2.75, 3.05) is 12.8 Å². The molecule has 0 aliphatic heterocycles. The van der Waals surface area contributed by atoms with Crippen LogP contribution in [0.4, 0.5) is 11.4 Å². The van der Waals surface area contributed by atoms with Crippen molar-refractivity contribution in [3.05, 3.63) is 33.9 Å². The summed E-state index contributed by atoms with van der Waals surface area (Å²) in [5.74, 6) is -1.06. The van der Waals surface area contributed by atoms with Gasteiger partial charge in [-0.05, 0) is 6.07 Å². The minimum Gasteiger partial charge on any atom is -0.467 e. The van der Waals surface area contributed by atoms with E-state index in [0.29, 0.717) is 0 Å². The van der Waals surface area contributed by atoms with Gasteiger partial charge in [-0.1, -0.05) is 0 Å². The molecule has 4 N–H and O–H groups in total. The minimum absolute atomic E-state index is 0.0241. The third-order valence-corrected chi connectivity index (χ3v) is 2.34. The van der Waals surface area contributed by atoms with Crippen molar-refractivity contribution in [2.24, 2.45) is 0 Å². The Morgan fingerprint density at radius 2 is 2.11 bits per heavy atom. The van der Waals surface area contributed by atoms with Gasteiger partial charge in [0.1, 0.15) is 6.10 Å². The summed E-state index contributed by atoms with van der Waals surface area (Å²) in [6.45, 7) is 0. The van der Waals surface area contributed by atoms with E-state index in [-0.39, 0.29) is 16.9 Å². The number of hydrogen-bond donors (Lipinski definition) is 3. The lowest BCUT2D eigenvalue weighted by Crippen LogP contribution is -2.29.